The van der Waals surface area contributed by atoms with Crippen molar-refractivity contribution >= 4 is 33.2 Å². The van der Waals surface area contributed by atoms with Crippen LogP contribution in [-0.2, 0) is 6.54 Å². The van der Waals surface area contributed by atoms with Gasteiger partial charge in [-0.1, -0.05) is 30.3 Å². The normalized spacial score (nSPS) is 9.89. The lowest BCUT2D eigenvalue weighted by atomic mass is 10.2. The van der Waals surface area contributed by atoms with Crippen LogP contribution in [0.4, 0.5) is 0 Å². The van der Waals surface area contributed by atoms with Gasteiger partial charge in [0.15, 0.2) is 0 Å². The zero-order valence-electron chi connectivity index (χ0n) is 10.0. The van der Waals surface area contributed by atoms with Gasteiger partial charge in [-0.15, -0.1) is 11.3 Å². The summed E-state index contributed by atoms with van der Waals surface area (Å²) in [7, 11) is 0. The number of hydrogen-bond acceptors (Lipinski definition) is 3. The summed E-state index contributed by atoms with van der Waals surface area (Å²) >= 11 is 4.80. The zero-order chi connectivity index (χ0) is 13.7. The summed E-state index contributed by atoms with van der Waals surface area (Å²) in [6.45, 7) is 0.530. The quantitative estimate of drug-likeness (QED) is 0.800. The Bertz CT molecular complexity index is 603. The number of amides is 1. The molecule has 0 radical (unpaired) electrons. The molecule has 0 saturated carbocycles. The number of thiophene rings is 1. The van der Waals surface area contributed by atoms with Gasteiger partial charge in [-0.05, 0) is 27.6 Å². The van der Waals surface area contributed by atoms with Gasteiger partial charge in [-0.3, -0.25) is 4.79 Å². The lowest BCUT2D eigenvalue weighted by molar-refractivity contribution is 0.0765. The predicted molar refractivity (Wildman–Crippen MR) is 78.8 cm³/mol. The van der Waals surface area contributed by atoms with E-state index in [2.05, 4.69) is 15.9 Å². The van der Waals surface area contributed by atoms with Gasteiger partial charge in [0, 0.05) is 11.9 Å². The van der Waals surface area contributed by atoms with E-state index < -0.39 is 0 Å². The van der Waals surface area contributed by atoms with Crippen LogP contribution in [0.5, 0.6) is 0 Å². The van der Waals surface area contributed by atoms with Crippen LogP contribution in [0.25, 0.3) is 0 Å². The third kappa shape index (κ3) is 3.66. The van der Waals surface area contributed by atoms with Crippen LogP contribution in [0.15, 0.2) is 45.6 Å². The highest BCUT2D eigenvalue weighted by atomic mass is 79.9. The van der Waals surface area contributed by atoms with Crippen molar-refractivity contribution in [3.8, 4) is 6.07 Å². The molecular weight excluding hydrogens is 324 g/mol. The number of rotatable bonds is 4. The van der Waals surface area contributed by atoms with Crippen LogP contribution in [0.3, 0.4) is 0 Å². The van der Waals surface area contributed by atoms with E-state index in [0.29, 0.717) is 12.1 Å². The van der Waals surface area contributed by atoms with Gasteiger partial charge in [0.2, 0.25) is 0 Å². The molecular formula is C14H11BrN2OS. The van der Waals surface area contributed by atoms with Crippen molar-refractivity contribution in [1.82, 2.24) is 4.90 Å². The third-order valence-electron chi connectivity index (χ3n) is 2.58. The predicted octanol–water partition coefficient (Wildman–Crippen LogP) is 3.68. The highest BCUT2D eigenvalue weighted by Gasteiger charge is 2.17. The maximum atomic E-state index is 12.3. The first-order chi connectivity index (χ1) is 9.20. The summed E-state index contributed by atoms with van der Waals surface area (Å²) in [4.78, 5) is 13.9. The summed E-state index contributed by atoms with van der Waals surface area (Å²) in [6.07, 6.45) is 0. The van der Waals surface area contributed by atoms with E-state index >= 15 is 0 Å². The number of halogens is 1. The molecule has 0 aliphatic heterocycles. The number of hydrogen-bond donors (Lipinski definition) is 0. The van der Waals surface area contributed by atoms with Crippen molar-refractivity contribution in [2.24, 2.45) is 0 Å². The fraction of sp³-hybridized carbons (Fsp3) is 0.143. The average Bonchev–Trinajstić information content (AvgIpc) is 2.85. The van der Waals surface area contributed by atoms with Gasteiger partial charge >= 0.3 is 0 Å². The van der Waals surface area contributed by atoms with Gasteiger partial charge in [-0.2, -0.15) is 5.26 Å². The van der Waals surface area contributed by atoms with Gasteiger partial charge in [-0.25, -0.2) is 0 Å². The Morgan fingerprint density at radius 1 is 1.37 bits per heavy atom. The Hall–Kier alpha value is -1.64. The molecule has 19 heavy (non-hydrogen) atoms. The van der Waals surface area contributed by atoms with Crippen molar-refractivity contribution in [2.75, 3.05) is 6.54 Å². The summed E-state index contributed by atoms with van der Waals surface area (Å²) < 4.78 is 0.910. The van der Waals surface area contributed by atoms with Crippen LogP contribution < -0.4 is 0 Å². The molecule has 0 atom stereocenters. The Morgan fingerprint density at radius 3 is 2.68 bits per heavy atom. The molecule has 0 saturated heterocycles. The first-order valence-electron chi connectivity index (χ1n) is 5.65. The average molecular weight is 335 g/mol. The minimum atomic E-state index is -0.118. The largest absolute Gasteiger partial charge is 0.321 e. The van der Waals surface area contributed by atoms with Crippen LogP contribution in [0, 0.1) is 11.3 Å². The fourth-order valence-electron chi connectivity index (χ4n) is 1.69. The maximum absolute atomic E-state index is 12.3. The second kappa shape index (κ2) is 6.50. The molecule has 1 aromatic carbocycles. The van der Waals surface area contributed by atoms with Gasteiger partial charge in [0.1, 0.15) is 6.54 Å². The van der Waals surface area contributed by atoms with E-state index in [4.69, 9.17) is 5.26 Å². The van der Waals surface area contributed by atoms with Crippen LogP contribution >= 0.6 is 27.3 Å². The molecule has 0 aliphatic carbocycles. The van der Waals surface area contributed by atoms with Crippen molar-refractivity contribution in [3.05, 3.63) is 56.7 Å². The standard InChI is InChI=1S/C14H11BrN2OS/c15-13-8-12(10-19-13)14(18)17(7-6-16)9-11-4-2-1-3-5-11/h1-5,8,10H,7,9H2. The van der Waals surface area contributed by atoms with Crippen molar-refractivity contribution in [3.63, 3.8) is 0 Å². The fourth-order valence-corrected chi connectivity index (χ4v) is 2.82. The molecule has 1 amide bonds. The highest BCUT2D eigenvalue weighted by molar-refractivity contribution is 9.11. The molecule has 0 bridgehead atoms. The van der Waals surface area contributed by atoms with E-state index in [1.807, 2.05) is 36.4 Å². The molecule has 2 rings (SSSR count). The van der Waals surface area contributed by atoms with Crippen molar-refractivity contribution in [2.45, 2.75) is 6.54 Å². The minimum absolute atomic E-state index is 0.0845. The lowest BCUT2D eigenvalue weighted by Gasteiger charge is -2.19. The van der Waals surface area contributed by atoms with Crippen LogP contribution in [0.1, 0.15) is 15.9 Å². The summed E-state index contributed by atoms with van der Waals surface area (Å²) in [5.74, 6) is -0.118. The third-order valence-corrected chi connectivity index (χ3v) is 4.08. The summed E-state index contributed by atoms with van der Waals surface area (Å²) in [5.41, 5.74) is 1.63. The monoisotopic (exact) mass is 334 g/mol. The molecule has 0 aliphatic rings. The maximum Gasteiger partial charge on any atom is 0.255 e. The van der Waals surface area contributed by atoms with Crippen molar-refractivity contribution in [1.29, 1.82) is 5.26 Å². The van der Waals surface area contributed by atoms with Gasteiger partial charge in [0.05, 0.1) is 15.4 Å². The smallest absolute Gasteiger partial charge is 0.255 e. The number of carbonyl (C=O) groups is 1. The zero-order valence-corrected chi connectivity index (χ0v) is 12.4. The Kier molecular flexibility index (Phi) is 4.72. The van der Waals surface area contributed by atoms with E-state index in [1.54, 1.807) is 16.3 Å². The second-order valence-corrected chi connectivity index (χ2v) is 6.23. The Balaban J connectivity index is 2.16. The van der Waals surface area contributed by atoms with E-state index in [0.717, 1.165) is 9.35 Å². The van der Waals surface area contributed by atoms with Gasteiger partial charge in [0.25, 0.3) is 5.91 Å². The topological polar surface area (TPSA) is 44.1 Å². The first kappa shape index (κ1) is 13.8. The number of nitrogens with zero attached hydrogens (tertiary/aromatic N) is 2. The SMILES string of the molecule is N#CCN(Cc1ccccc1)C(=O)c1csc(Br)c1. The van der Waals surface area contributed by atoms with Gasteiger partial charge < -0.3 is 4.90 Å². The summed E-state index contributed by atoms with van der Waals surface area (Å²) in [6, 6.07) is 13.5. The molecule has 0 N–H and O–H groups in total. The second-order valence-electron chi connectivity index (χ2n) is 3.94. The van der Waals surface area contributed by atoms with Crippen LogP contribution in [0.2, 0.25) is 0 Å². The molecule has 0 spiro atoms. The number of benzene rings is 1. The van der Waals surface area contributed by atoms with Crippen molar-refractivity contribution < 1.29 is 4.79 Å². The molecule has 0 fully saturated rings. The number of nitriles is 1. The molecule has 2 aromatic rings. The molecule has 5 heteroatoms. The Morgan fingerprint density at radius 2 is 2.11 bits per heavy atom. The number of carbonyl (C=O) groups excluding carboxylic acids is 1. The van der Waals surface area contributed by atoms with E-state index in [1.165, 1.54) is 11.3 Å². The highest BCUT2D eigenvalue weighted by Crippen LogP contribution is 2.22. The molecule has 1 aromatic heterocycles. The Labute approximate surface area is 124 Å². The summed E-state index contributed by atoms with van der Waals surface area (Å²) in [5, 5.41) is 10.7. The van der Waals surface area contributed by atoms with E-state index in [-0.39, 0.29) is 12.5 Å². The van der Waals surface area contributed by atoms with E-state index in [9.17, 15) is 4.79 Å². The molecule has 3 nitrogen and oxygen atoms in total. The molecule has 96 valence electrons. The van der Waals surface area contributed by atoms with Crippen LogP contribution in [-0.4, -0.2) is 17.4 Å². The molecule has 1 heterocycles. The lowest BCUT2D eigenvalue weighted by Crippen LogP contribution is -2.30. The first-order valence-corrected chi connectivity index (χ1v) is 7.32. The molecule has 0 unspecified atom stereocenters. The minimum Gasteiger partial charge on any atom is -0.321 e.